The van der Waals surface area contributed by atoms with Crippen LogP contribution < -0.4 is 14.8 Å². The molecule has 2 rings (SSSR count). The normalized spacial score (nSPS) is 12.5. The molecule has 1 N–H and O–H groups in total. The van der Waals surface area contributed by atoms with Gasteiger partial charge in [-0.05, 0) is 50.6 Å². The van der Waals surface area contributed by atoms with Crippen LogP contribution in [-0.4, -0.2) is 43.9 Å². The third kappa shape index (κ3) is 9.39. The number of esters is 2. The highest BCUT2D eigenvalue weighted by atomic mass is 16.5. The lowest BCUT2D eigenvalue weighted by Crippen LogP contribution is -2.39. The van der Waals surface area contributed by atoms with Crippen molar-refractivity contribution in [2.75, 3.05) is 19.8 Å². The zero-order chi connectivity index (χ0) is 23.2. The van der Waals surface area contributed by atoms with Crippen molar-refractivity contribution in [3.63, 3.8) is 0 Å². The molecule has 2 aromatic carbocycles. The van der Waals surface area contributed by atoms with Gasteiger partial charge in [-0.3, -0.25) is 9.59 Å². The first-order chi connectivity index (χ1) is 15.5. The Balaban J connectivity index is 1.80. The summed E-state index contributed by atoms with van der Waals surface area (Å²) in [6.45, 7) is 7.00. The molecule has 2 atom stereocenters. The SMILES string of the molecule is CCOC(=O)CC(C)Oc1ccc(OCCC(NCc2ccccc2)C(=O)OCC)cc1. The zero-order valence-corrected chi connectivity index (χ0v) is 19.0. The lowest BCUT2D eigenvalue weighted by molar-refractivity contribution is -0.146. The number of nitrogens with one attached hydrogen (secondary N) is 1. The lowest BCUT2D eigenvalue weighted by Gasteiger charge is -2.18. The smallest absolute Gasteiger partial charge is 0.323 e. The standard InChI is InChI=1S/C25H33NO6/c1-4-29-24(27)17-19(3)32-22-13-11-21(12-14-22)31-16-15-23(25(28)30-5-2)26-18-20-9-7-6-8-10-20/h6-14,19,23,26H,4-5,15-18H2,1-3H3. The van der Waals surface area contributed by atoms with Crippen molar-refractivity contribution < 1.29 is 28.5 Å². The average molecular weight is 444 g/mol. The Morgan fingerprint density at radius 1 is 0.906 bits per heavy atom. The van der Waals surface area contributed by atoms with Gasteiger partial charge in [0.05, 0.1) is 26.2 Å². The van der Waals surface area contributed by atoms with E-state index in [0.717, 1.165) is 5.56 Å². The fourth-order valence-electron chi connectivity index (χ4n) is 3.02. The lowest BCUT2D eigenvalue weighted by atomic mass is 10.1. The molecule has 0 fully saturated rings. The highest BCUT2D eigenvalue weighted by molar-refractivity contribution is 5.75. The van der Waals surface area contributed by atoms with Gasteiger partial charge in [-0.1, -0.05) is 30.3 Å². The van der Waals surface area contributed by atoms with Gasteiger partial charge in [0, 0.05) is 13.0 Å². The fourth-order valence-corrected chi connectivity index (χ4v) is 3.02. The maximum atomic E-state index is 12.3. The zero-order valence-electron chi connectivity index (χ0n) is 19.0. The molecular formula is C25H33NO6. The number of ether oxygens (including phenoxy) is 4. The number of carbonyl (C=O) groups excluding carboxylic acids is 2. The summed E-state index contributed by atoms with van der Waals surface area (Å²) in [6, 6.07) is 16.6. The number of hydrogen-bond donors (Lipinski definition) is 1. The third-order valence-electron chi connectivity index (χ3n) is 4.56. The van der Waals surface area contributed by atoms with Crippen molar-refractivity contribution in [3.05, 3.63) is 60.2 Å². The van der Waals surface area contributed by atoms with E-state index in [2.05, 4.69) is 5.32 Å². The summed E-state index contributed by atoms with van der Waals surface area (Å²) in [5.74, 6) is 0.743. The van der Waals surface area contributed by atoms with Crippen molar-refractivity contribution in [1.82, 2.24) is 5.32 Å². The topological polar surface area (TPSA) is 83.1 Å². The molecule has 7 heteroatoms. The molecule has 0 aromatic heterocycles. The van der Waals surface area contributed by atoms with E-state index < -0.39 is 6.04 Å². The van der Waals surface area contributed by atoms with Gasteiger partial charge < -0.3 is 24.3 Å². The van der Waals surface area contributed by atoms with Crippen LogP contribution in [0.25, 0.3) is 0 Å². The van der Waals surface area contributed by atoms with Crippen molar-refractivity contribution in [2.24, 2.45) is 0 Å². The van der Waals surface area contributed by atoms with Crippen molar-refractivity contribution >= 4 is 11.9 Å². The number of carbonyl (C=O) groups is 2. The third-order valence-corrected chi connectivity index (χ3v) is 4.56. The molecule has 0 spiro atoms. The van der Waals surface area contributed by atoms with E-state index in [1.807, 2.05) is 37.3 Å². The Labute approximate surface area is 190 Å². The summed E-state index contributed by atoms with van der Waals surface area (Å²) in [7, 11) is 0. The van der Waals surface area contributed by atoms with Gasteiger partial charge in [0.1, 0.15) is 23.6 Å². The van der Waals surface area contributed by atoms with Gasteiger partial charge in [-0.25, -0.2) is 0 Å². The summed E-state index contributed by atoms with van der Waals surface area (Å²) < 4.78 is 21.6. The molecule has 2 unspecified atom stereocenters. The molecule has 0 aliphatic rings. The van der Waals surface area contributed by atoms with Crippen LogP contribution in [0.3, 0.4) is 0 Å². The summed E-state index contributed by atoms with van der Waals surface area (Å²) in [6.07, 6.45) is 0.375. The summed E-state index contributed by atoms with van der Waals surface area (Å²) >= 11 is 0. The summed E-state index contributed by atoms with van der Waals surface area (Å²) in [4.78, 5) is 23.8. The number of rotatable bonds is 14. The minimum absolute atomic E-state index is 0.192. The molecule has 0 saturated carbocycles. The predicted octanol–water partition coefficient (Wildman–Crippen LogP) is 3.90. The monoisotopic (exact) mass is 443 g/mol. The van der Waals surface area contributed by atoms with Crippen LogP contribution in [0.1, 0.15) is 39.2 Å². The Morgan fingerprint density at radius 2 is 1.56 bits per heavy atom. The van der Waals surface area contributed by atoms with E-state index in [-0.39, 0.29) is 24.5 Å². The highest BCUT2D eigenvalue weighted by Gasteiger charge is 2.19. The quantitative estimate of drug-likeness (QED) is 0.444. The van der Waals surface area contributed by atoms with Gasteiger partial charge in [-0.2, -0.15) is 0 Å². The van der Waals surface area contributed by atoms with Gasteiger partial charge in [0.2, 0.25) is 0 Å². The average Bonchev–Trinajstić information content (AvgIpc) is 2.78. The van der Waals surface area contributed by atoms with Gasteiger partial charge >= 0.3 is 11.9 Å². The maximum absolute atomic E-state index is 12.3. The number of hydrogen-bond acceptors (Lipinski definition) is 7. The molecule has 0 saturated heterocycles. The van der Waals surface area contributed by atoms with E-state index in [1.54, 1.807) is 38.1 Å². The van der Waals surface area contributed by atoms with Crippen LogP contribution in [0, 0.1) is 0 Å². The Hall–Kier alpha value is -3.06. The molecule has 2 aromatic rings. The Bertz CT molecular complexity index is 809. The Morgan fingerprint density at radius 3 is 2.22 bits per heavy atom. The predicted molar refractivity (Wildman–Crippen MR) is 122 cm³/mol. The first-order valence-corrected chi connectivity index (χ1v) is 11.0. The first kappa shape index (κ1) is 25.2. The molecule has 0 bridgehead atoms. The minimum Gasteiger partial charge on any atom is -0.494 e. The maximum Gasteiger partial charge on any atom is 0.323 e. The van der Waals surface area contributed by atoms with E-state index in [1.165, 1.54) is 0 Å². The molecule has 7 nitrogen and oxygen atoms in total. The number of benzene rings is 2. The van der Waals surface area contributed by atoms with Crippen molar-refractivity contribution in [3.8, 4) is 11.5 Å². The molecule has 0 heterocycles. The Kier molecular flexibility index (Phi) is 11.1. The minimum atomic E-state index is -0.457. The molecule has 0 aliphatic carbocycles. The van der Waals surface area contributed by atoms with Crippen LogP contribution >= 0.6 is 0 Å². The van der Waals surface area contributed by atoms with Crippen LogP contribution in [0.2, 0.25) is 0 Å². The highest BCUT2D eigenvalue weighted by Crippen LogP contribution is 2.20. The van der Waals surface area contributed by atoms with Gasteiger partial charge in [0.15, 0.2) is 0 Å². The molecule has 32 heavy (non-hydrogen) atoms. The molecule has 174 valence electrons. The van der Waals surface area contributed by atoms with E-state index in [0.29, 0.717) is 44.3 Å². The van der Waals surface area contributed by atoms with Crippen molar-refractivity contribution in [1.29, 1.82) is 0 Å². The molecule has 0 radical (unpaired) electrons. The second-order valence-electron chi connectivity index (χ2n) is 7.22. The molecule has 0 amide bonds. The summed E-state index contributed by atoms with van der Waals surface area (Å²) in [5.41, 5.74) is 1.09. The van der Waals surface area contributed by atoms with Crippen LogP contribution in [0.4, 0.5) is 0 Å². The van der Waals surface area contributed by atoms with Crippen LogP contribution in [-0.2, 0) is 25.6 Å². The van der Waals surface area contributed by atoms with Crippen molar-refractivity contribution in [2.45, 2.75) is 52.3 Å². The summed E-state index contributed by atoms with van der Waals surface area (Å²) in [5, 5.41) is 3.25. The van der Waals surface area contributed by atoms with Crippen LogP contribution in [0.15, 0.2) is 54.6 Å². The van der Waals surface area contributed by atoms with Gasteiger partial charge in [0.25, 0.3) is 0 Å². The first-order valence-electron chi connectivity index (χ1n) is 11.0. The van der Waals surface area contributed by atoms with E-state index >= 15 is 0 Å². The molecule has 0 aliphatic heterocycles. The van der Waals surface area contributed by atoms with E-state index in [9.17, 15) is 9.59 Å². The molecular weight excluding hydrogens is 410 g/mol. The second-order valence-corrected chi connectivity index (χ2v) is 7.22. The largest absolute Gasteiger partial charge is 0.494 e. The fraction of sp³-hybridized carbons (Fsp3) is 0.440. The second kappa shape index (κ2) is 14.1. The van der Waals surface area contributed by atoms with Gasteiger partial charge in [-0.15, -0.1) is 0 Å². The van der Waals surface area contributed by atoms with E-state index in [4.69, 9.17) is 18.9 Å². The van der Waals surface area contributed by atoms with Crippen LogP contribution in [0.5, 0.6) is 11.5 Å².